The smallest absolute Gasteiger partial charge is 0.277 e. The Morgan fingerprint density at radius 2 is 2.00 bits per heavy atom. The van der Waals surface area contributed by atoms with E-state index >= 15 is 0 Å². The van der Waals surface area contributed by atoms with E-state index in [1.807, 2.05) is 42.6 Å². The summed E-state index contributed by atoms with van der Waals surface area (Å²) in [6.07, 6.45) is 0. The van der Waals surface area contributed by atoms with Gasteiger partial charge < -0.3 is 15.2 Å². The molecule has 2 heterocycles. The molecule has 1 amide bonds. The van der Waals surface area contributed by atoms with E-state index in [9.17, 15) is 4.79 Å². The molecule has 0 saturated heterocycles. The third kappa shape index (κ3) is 5.19. The minimum absolute atomic E-state index is 0.165. The van der Waals surface area contributed by atoms with Crippen LogP contribution in [0.4, 0.5) is 5.69 Å². The molecule has 2 aromatic heterocycles. The molecule has 0 aliphatic heterocycles. The quantitative estimate of drug-likeness (QED) is 0.367. The van der Waals surface area contributed by atoms with Gasteiger partial charge in [0.1, 0.15) is 5.69 Å². The van der Waals surface area contributed by atoms with Gasteiger partial charge in [0, 0.05) is 24.0 Å². The van der Waals surface area contributed by atoms with Crippen LogP contribution in [-0.4, -0.2) is 16.0 Å². The van der Waals surface area contributed by atoms with Crippen LogP contribution in [0.3, 0.4) is 0 Å². The summed E-state index contributed by atoms with van der Waals surface area (Å²) in [6, 6.07) is 17.5. The second-order valence-corrected chi connectivity index (χ2v) is 8.58. The molecule has 0 fully saturated rings. The van der Waals surface area contributed by atoms with Gasteiger partial charge >= 0.3 is 0 Å². The third-order valence-electron chi connectivity index (χ3n) is 4.81. The van der Waals surface area contributed by atoms with Crippen molar-refractivity contribution >= 4 is 34.5 Å². The summed E-state index contributed by atoms with van der Waals surface area (Å²) in [5.41, 5.74) is 3.56. The Morgan fingerprint density at radius 3 is 2.74 bits per heavy atom. The standard InChI is InChI=1S/C23H21ClN4O2S/c1-14(17-6-4-3-5-7-17)25-12-16-8-9-18(24)19(10-16)27-23(29)20-11-22(30-28-20)21-13-31-15(2)26-21/h3-11,13-14,25H,12H2,1-2H3,(H,27,29). The molecule has 0 radical (unpaired) electrons. The summed E-state index contributed by atoms with van der Waals surface area (Å²) in [6.45, 7) is 4.65. The number of amides is 1. The lowest BCUT2D eigenvalue weighted by Crippen LogP contribution is -2.18. The van der Waals surface area contributed by atoms with Crippen molar-refractivity contribution in [3.05, 3.63) is 86.8 Å². The highest BCUT2D eigenvalue weighted by Crippen LogP contribution is 2.26. The number of carbonyl (C=O) groups excluding carboxylic acids is 1. The highest BCUT2D eigenvalue weighted by Gasteiger charge is 2.17. The number of hydrogen-bond acceptors (Lipinski definition) is 6. The number of hydrogen-bond donors (Lipinski definition) is 2. The van der Waals surface area contributed by atoms with Crippen LogP contribution < -0.4 is 10.6 Å². The number of aromatic nitrogens is 2. The van der Waals surface area contributed by atoms with Gasteiger partial charge in [0.25, 0.3) is 5.91 Å². The third-order valence-corrected chi connectivity index (χ3v) is 5.91. The first kappa shape index (κ1) is 21.2. The van der Waals surface area contributed by atoms with E-state index in [-0.39, 0.29) is 11.7 Å². The Hall–Kier alpha value is -3.00. The fourth-order valence-corrected chi connectivity index (χ4v) is 3.84. The first-order valence-corrected chi connectivity index (χ1v) is 11.0. The minimum Gasteiger partial charge on any atom is -0.354 e. The van der Waals surface area contributed by atoms with Gasteiger partial charge in [0.05, 0.1) is 15.7 Å². The summed E-state index contributed by atoms with van der Waals surface area (Å²) in [5, 5.41) is 13.4. The molecular formula is C23H21ClN4O2S. The van der Waals surface area contributed by atoms with Crippen LogP contribution in [0, 0.1) is 6.92 Å². The normalized spacial score (nSPS) is 12.0. The molecule has 1 unspecified atom stereocenters. The van der Waals surface area contributed by atoms with Crippen molar-refractivity contribution in [2.45, 2.75) is 26.4 Å². The van der Waals surface area contributed by atoms with Crippen LogP contribution in [-0.2, 0) is 6.54 Å². The van der Waals surface area contributed by atoms with Gasteiger partial charge in [-0.25, -0.2) is 4.98 Å². The molecule has 0 spiro atoms. The van der Waals surface area contributed by atoms with Crippen molar-refractivity contribution in [3.63, 3.8) is 0 Å². The average Bonchev–Trinajstić information content (AvgIpc) is 3.44. The predicted molar refractivity (Wildman–Crippen MR) is 123 cm³/mol. The van der Waals surface area contributed by atoms with Crippen molar-refractivity contribution in [3.8, 4) is 11.5 Å². The maximum atomic E-state index is 12.7. The van der Waals surface area contributed by atoms with E-state index in [0.29, 0.717) is 28.7 Å². The van der Waals surface area contributed by atoms with Crippen LogP contribution >= 0.6 is 22.9 Å². The maximum Gasteiger partial charge on any atom is 0.277 e. The lowest BCUT2D eigenvalue weighted by molar-refractivity contribution is 0.101. The SMILES string of the molecule is Cc1nc(-c2cc(C(=O)Nc3cc(CNC(C)c4ccccc4)ccc3Cl)no2)cs1. The molecule has 6 nitrogen and oxygen atoms in total. The van der Waals surface area contributed by atoms with Crippen LogP contribution in [0.25, 0.3) is 11.5 Å². The second-order valence-electron chi connectivity index (χ2n) is 7.11. The van der Waals surface area contributed by atoms with Crippen molar-refractivity contribution in [2.24, 2.45) is 0 Å². The largest absolute Gasteiger partial charge is 0.354 e. The molecule has 0 aliphatic rings. The van der Waals surface area contributed by atoms with Gasteiger partial charge in [-0.3, -0.25) is 4.79 Å². The van der Waals surface area contributed by atoms with Crippen LogP contribution in [0.15, 0.2) is 64.5 Å². The van der Waals surface area contributed by atoms with Crippen molar-refractivity contribution in [1.29, 1.82) is 0 Å². The highest BCUT2D eigenvalue weighted by atomic mass is 35.5. The Morgan fingerprint density at radius 1 is 1.19 bits per heavy atom. The zero-order chi connectivity index (χ0) is 21.8. The number of nitrogens with one attached hydrogen (secondary N) is 2. The second kappa shape index (κ2) is 9.43. The van der Waals surface area contributed by atoms with E-state index in [0.717, 1.165) is 10.6 Å². The zero-order valence-corrected chi connectivity index (χ0v) is 18.6. The number of halogens is 1. The van der Waals surface area contributed by atoms with Gasteiger partial charge in [-0.2, -0.15) is 0 Å². The van der Waals surface area contributed by atoms with Crippen LogP contribution in [0.1, 0.15) is 39.6 Å². The van der Waals surface area contributed by atoms with E-state index in [1.54, 1.807) is 12.1 Å². The van der Waals surface area contributed by atoms with Gasteiger partial charge in [-0.1, -0.05) is 53.2 Å². The lowest BCUT2D eigenvalue weighted by atomic mass is 10.1. The van der Waals surface area contributed by atoms with Gasteiger partial charge in [0.2, 0.25) is 0 Å². The fourth-order valence-electron chi connectivity index (χ4n) is 3.07. The number of aryl methyl sites for hydroxylation is 1. The number of thiazole rings is 1. The zero-order valence-electron chi connectivity index (χ0n) is 17.1. The van der Waals surface area contributed by atoms with Crippen LogP contribution in [0.2, 0.25) is 5.02 Å². The molecule has 0 saturated carbocycles. The van der Waals surface area contributed by atoms with E-state index in [1.165, 1.54) is 16.9 Å². The topological polar surface area (TPSA) is 80.0 Å². The molecule has 0 bridgehead atoms. The molecule has 1 atom stereocenters. The van der Waals surface area contributed by atoms with E-state index in [4.69, 9.17) is 16.1 Å². The summed E-state index contributed by atoms with van der Waals surface area (Å²) >= 11 is 7.81. The Labute approximate surface area is 189 Å². The molecule has 4 rings (SSSR count). The highest BCUT2D eigenvalue weighted by molar-refractivity contribution is 7.09. The first-order valence-electron chi connectivity index (χ1n) is 9.77. The predicted octanol–water partition coefficient (Wildman–Crippen LogP) is 5.86. The Kier molecular flexibility index (Phi) is 6.46. The van der Waals surface area contributed by atoms with Crippen molar-refractivity contribution in [1.82, 2.24) is 15.5 Å². The van der Waals surface area contributed by atoms with Gasteiger partial charge in [0.15, 0.2) is 11.5 Å². The van der Waals surface area contributed by atoms with E-state index < -0.39 is 5.91 Å². The van der Waals surface area contributed by atoms with E-state index in [2.05, 4.69) is 39.8 Å². The molecule has 31 heavy (non-hydrogen) atoms. The van der Waals surface area contributed by atoms with Crippen molar-refractivity contribution in [2.75, 3.05) is 5.32 Å². The first-order chi connectivity index (χ1) is 15.0. The number of carbonyl (C=O) groups is 1. The number of nitrogens with zero attached hydrogens (tertiary/aromatic N) is 2. The summed E-state index contributed by atoms with van der Waals surface area (Å²) in [5.74, 6) is 0.0556. The Bertz CT molecular complexity index is 1190. The lowest BCUT2D eigenvalue weighted by Gasteiger charge is -2.15. The molecule has 158 valence electrons. The molecule has 2 N–H and O–H groups in total. The summed E-state index contributed by atoms with van der Waals surface area (Å²) in [7, 11) is 0. The molecule has 8 heteroatoms. The van der Waals surface area contributed by atoms with Gasteiger partial charge in [-0.15, -0.1) is 11.3 Å². The minimum atomic E-state index is -0.397. The van der Waals surface area contributed by atoms with Crippen LogP contribution in [0.5, 0.6) is 0 Å². The molecule has 0 aliphatic carbocycles. The molecule has 2 aromatic carbocycles. The number of rotatable bonds is 7. The fraction of sp³-hybridized carbons (Fsp3) is 0.174. The monoisotopic (exact) mass is 452 g/mol. The number of anilines is 1. The summed E-state index contributed by atoms with van der Waals surface area (Å²) < 4.78 is 5.27. The summed E-state index contributed by atoms with van der Waals surface area (Å²) in [4.78, 5) is 17.0. The van der Waals surface area contributed by atoms with Gasteiger partial charge in [-0.05, 0) is 37.1 Å². The average molecular weight is 453 g/mol. The molecular weight excluding hydrogens is 432 g/mol. The number of benzene rings is 2. The molecule has 4 aromatic rings. The maximum absolute atomic E-state index is 12.7. The van der Waals surface area contributed by atoms with Crippen molar-refractivity contribution < 1.29 is 9.32 Å². The Balaban J connectivity index is 1.42.